The van der Waals surface area contributed by atoms with Crippen LogP contribution < -0.4 is 11.1 Å². The number of aromatic nitrogens is 1. The summed E-state index contributed by atoms with van der Waals surface area (Å²) >= 11 is 0. The van der Waals surface area contributed by atoms with Gasteiger partial charge in [-0.05, 0) is 64.7 Å². The number of carbonyl (C=O) groups is 1. The number of nitrogens with one attached hydrogen (secondary N) is 1. The van der Waals surface area contributed by atoms with Crippen LogP contribution >= 0.6 is 0 Å². The van der Waals surface area contributed by atoms with Gasteiger partial charge in [-0.3, -0.25) is 4.98 Å². The number of alkyl carbamates (subject to hydrolysis) is 1. The molecule has 0 bridgehead atoms. The summed E-state index contributed by atoms with van der Waals surface area (Å²) in [5, 5.41) is 2.92. The van der Waals surface area contributed by atoms with E-state index in [0.717, 1.165) is 35.4 Å². The van der Waals surface area contributed by atoms with Crippen LogP contribution in [0.1, 0.15) is 50.6 Å². The molecule has 1 aromatic heterocycles. The number of nitrogens with two attached hydrogens (primary N) is 1. The zero-order chi connectivity index (χ0) is 19.8. The van der Waals surface area contributed by atoms with Crippen LogP contribution in [0.2, 0.25) is 0 Å². The van der Waals surface area contributed by atoms with Crippen LogP contribution in [-0.2, 0) is 10.2 Å². The fourth-order valence-electron chi connectivity index (χ4n) is 3.31. The van der Waals surface area contributed by atoms with Crippen LogP contribution in [-0.4, -0.2) is 23.2 Å². The molecule has 0 radical (unpaired) electrons. The molecule has 0 atom stereocenters. The molecule has 1 saturated carbocycles. The molecule has 1 aromatic carbocycles. The van der Waals surface area contributed by atoms with E-state index >= 15 is 0 Å². The van der Waals surface area contributed by atoms with Crippen molar-refractivity contribution in [2.24, 2.45) is 0 Å². The minimum atomic E-state index is -0.482. The van der Waals surface area contributed by atoms with Crippen molar-refractivity contribution in [3.63, 3.8) is 0 Å². The average Bonchev–Trinajstić information content (AvgIpc) is 3.36. The molecule has 0 spiro atoms. The van der Waals surface area contributed by atoms with Crippen LogP contribution in [0.3, 0.4) is 0 Å². The van der Waals surface area contributed by atoms with E-state index in [0.29, 0.717) is 12.2 Å². The Hall–Kier alpha value is -2.56. The lowest BCUT2D eigenvalue weighted by Crippen LogP contribution is -2.37. The molecule has 1 aliphatic carbocycles. The van der Waals surface area contributed by atoms with Crippen LogP contribution in [0.25, 0.3) is 11.1 Å². The summed E-state index contributed by atoms with van der Waals surface area (Å²) in [6.45, 7) is 10.1. The number of pyridine rings is 1. The van der Waals surface area contributed by atoms with Gasteiger partial charge in [-0.15, -0.1) is 0 Å². The number of nitrogens with zero attached hydrogens (tertiary/aromatic N) is 1. The van der Waals surface area contributed by atoms with Gasteiger partial charge in [0.05, 0.1) is 11.4 Å². The highest BCUT2D eigenvalue weighted by Crippen LogP contribution is 2.48. The zero-order valence-electron chi connectivity index (χ0n) is 16.8. The maximum Gasteiger partial charge on any atom is 0.407 e. The van der Waals surface area contributed by atoms with Gasteiger partial charge >= 0.3 is 6.09 Å². The van der Waals surface area contributed by atoms with Gasteiger partial charge in [0.15, 0.2) is 0 Å². The summed E-state index contributed by atoms with van der Waals surface area (Å²) in [7, 11) is 0. The van der Waals surface area contributed by atoms with Crippen molar-refractivity contribution in [2.75, 3.05) is 12.3 Å². The molecular weight excluding hydrogens is 338 g/mol. The summed E-state index contributed by atoms with van der Waals surface area (Å²) in [5.74, 6) is 0. The standard InChI is InChI=1S/C22H29N3O2/c1-14-18(12-19(23)15(2)25-14)16-6-8-17(9-7-16)22(10-11-22)13-24-20(26)27-21(3,4)5/h6-9,12H,10-11,13,23H2,1-5H3,(H,24,26). The Kier molecular flexibility index (Phi) is 4.89. The van der Waals surface area contributed by atoms with Crippen molar-refractivity contribution in [1.29, 1.82) is 0 Å². The first-order valence-corrected chi connectivity index (χ1v) is 9.41. The van der Waals surface area contributed by atoms with E-state index in [2.05, 4.69) is 34.6 Å². The van der Waals surface area contributed by atoms with E-state index in [1.54, 1.807) is 0 Å². The Bertz CT molecular complexity index is 847. The van der Waals surface area contributed by atoms with E-state index in [-0.39, 0.29) is 11.5 Å². The van der Waals surface area contributed by atoms with Gasteiger partial charge in [-0.25, -0.2) is 4.79 Å². The fraction of sp³-hybridized carbons (Fsp3) is 0.455. The van der Waals surface area contributed by atoms with Gasteiger partial charge in [-0.2, -0.15) is 0 Å². The van der Waals surface area contributed by atoms with E-state index in [4.69, 9.17) is 10.5 Å². The third-order valence-electron chi connectivity index (χ3n) is 5.07. The first-order chi connectivity index (χ1) is 12.6. The average molecular weight is 367 g/mol. The number of rotatable bonds is 4. The lowest BCUT2D eigenvalue weighted by atomic mass is 9.93. The van der Waals surface area contributed by atoms with Crippen molar-refractivity contribution in [3.8, 4) is 11.1 Å². The highest BCUT2D eigenvalue weighted by Gasteiger charge is 2.44. The zero-order valence-corrected chi connectivity index (χ0v) is 16.8. The topological polar surface area (TPSA) is 77.2 Å². The summed E-state index contributed by atoms with van der Waals surface area (Å²) < 4.78 is 5.34. The normalized spacial score (nSPS) is 15.3. The molecule has 5 nitrogen and oxygen atoms in total. The molecule has 1 aliphatic rings. The van der Waals surface area contributed by atoms with Crippen molar-refractivity contribution in [2.45, 2.75) is 58.5 Å². The third-order valence-corrected chi connectivity index (χ3v) is 5.07. The molecule has 3 rings (SSSR count). The Morgan fingerprint density at radius 2 is 1.81 bits per heavy atom. The number of nitrogen functional groups attached to an aromatic ring is 1. The molecule has 0 aliphatic heterocycles. The molecule has 2 aromatic rings. The SMILES string of the molecule is Cc1nc(C)c(-c2ccc(C3(CNC(=O)OC(C)(C)C)CC3)cc2)cc1N. The van der Waals surface area contributed by atoms with E-state index in [1.807, 2.05) is 40.7 Å². The van der Waals surface area contributed by atoms with Crippen molar-refractivity contribution in [1.82, 2.24) is 10.3 Å². The van der Waals surface area contributed by atoms with Crippen molar-refractivity contribution in [3.05, 3.63) is 47.3 Å². The minimum Gasteiger partial charge on any atom is -0.444 e. The Labute approximate surface area is 161 Å². The van der Waals surface area contributed by atoms with Gasteiger partial charge in [0.1, 0.15) is 5.60 Å². The second-order valence-electron chi connectivity index (χ2n) is 8.51. The molecule has 0 saturated heterocycles. The largest absolute Gasteiger partial charge is 0.444 e. The monoisotopic (exact) mass is 367 g/mol. The number of ether oxygens (including phenoxy) is 1. The first-order valence-electron chi connectivity index (χ1n) is 9.41. The number of amides is 1. The lowest BCUT2D eigenvalue weighted by Gasteiger charge is -2.22. The molecule has 1 heterocycles. The number of hydrogen-bond donors (Lipinski definition) is 2. The highest BCUT2D eigenvalue weighted by atomic mass is 16.6. The van der Waals surface area contributed by atoms with Crippen LogP contribution in [0.15, 0.2) is 30.3 Å². The fourth-order valence-corrected chi connectivity index (χ4v) is 3.31. The summed E-state index contributed by atoms with van der Waals surface area (Å²) in [5.41, 5.74) is 11.5. The van der Waals surface area contributed by atoms with Gasteiger partial charge in [0.25, 0.3) is 0 Å². The summed E-state index contributed by atoms with van der Waals surface area (Å²) in [6.07, 6.45) is 1.78. The summed E-state index contributed by atoms with van der Waals surface area (Å²) in [4.78, 5) is 16.5. The molecule has 1 fully saturated rings. The van der Waals surface area contributed by atoms with Gasteiger partial charge < -0.3 is 15.8 Å². The maximum absolute atomic E-state index is 11.9. The van der Waals surface area contributed by atoms with Crippen molar-refractivity contribution < 1.29 is 9.53 Å². The predicted molar refractivity (Wildman–Crippen MR) is 109 cm³/mol. The van der Waals surface area contributed by atoms with Gasteiger partial charge in [0, 0.05) is 23.2 Å². The molecule has 27 heavy (non-hydrogen) atoms. The molecule has 144 valence electrons. The molecule has 1 amide bonds. The van der Waals surface area contributed by atoms with Crippen molar-refractivity contribution >= 4 is 11.8 Å². The number of carbonyl (C=O) groups excluding carboxylic acids is 1. The van der Waals surface area contributed by atoms with E-state index in [9.17, 15) is 4.79 Å². The van der Waals surface area contributed by atoms with Crippen LogP contribution in [0, 0.1) is 13.8 Å². The number of benzene rings is 1. The van der Waals surface area contributed by atoms with E-state index in [1.165, 1.54) is 5.56 Å². The molecule has 3 N–H and O–H groups in total. The van der Waals surface area contributed by atoms with Gasteiger partial charge in [-0.1, -0.05) is 24.3 Å². The highest BCUT2D eigenvalue weighted by molar-refractivity contribution is 5.71. The van der Waals surface area contributed by atoms with E-state index < -0.39 is 5.60 Å². The second kappa shape index (κ2) is 6.87. The smallest absolute Gasteiger partial charge is 0.407 e. The van der Waals surface area contributed by atoms with Gasteiger partial charge in [0.2, 0.25) is 0 Å². The second-order valence-corrected chi connectivity index (χ2v) is 8.51. The van der Waals surface area contributed by atoms with Crippen LogP contribution in [0.4, 0.5) is 10.5 Å². The molecule has 5 heteroatoms. The molecule has 0 unspecified atom stereocenters. The van der Waals surface area contributed by atoms with Crippen LogP contribution in [0.5, 0.6) is 0 Å². The minimum absolute atomic E-state index is 0.0228. The maximum atomic E-state index is 11.9. The summed E-state index contributed by atoms with van der Waals surface area (Å²) in [6, 6.07) is 10.5. The number of anilines is 1. The number of hydrogen-bond acceptors (Lipinski definition) is 4. The molecular formula is C22H29N3O2. The third kappa shape index (κ3) is 4.41. The first kappa shape index (κ1) is 19.2. The Balaban J connectivity index is 1.72. The Morgan fingerprint density at radius 1 is 1.19 bits per heavy atom. The lowest BCUT2D eigenvalue weighted by molar-refractivity contribution is 0.0522. The Morgan fingerprint density at radius 3 is 2.37 bits per heavy atom. The number of aryl methyl sites for hydroxylation is 2. The quantitative estimate of drug-likeness (QED) is 0.834. The predicted octanol–water partition coefficient (Wildman–Crippen LogP) is 4.50.